The summed E-state index contributed by atoms with van der Waals surface area (Å²) >= 11 is 9.60. The van der Waals surface area contributed by atoms with Crippen molar-refractivity contribution in [3.63, 3.8) is 0 Å². The lowest BCUT2D eigenvalue weighted by Crippen LogP contribution is -2.13. The average molecular weight is 461 g/mol. The van der Waals surface area contributed by atoms with E-state index in [-0.39, 0.29) is 5.91 Å². The van der Waals surface area contributed by atoms with Gasteiger partial charge in [-0.2, -0.15) is 0 Å². The van der Waals surface area contributed by atoms with Gasteiger partial charge in [0.25, 0.3) is 5.91 Å². The molecule has 0 aliphatic carbocycles. The number of anilines is 1. The SMILES string of the molecule is COc1c(Br)cc(C(=O)Nc2cccc(Cl)c2C)cc1OCc1ccccc1. The first-order valence-electron chi connectivity index (χ1n) is 8.60. The predicted octanol–water partition coefficient (Wildman–Crippen LogP) is 6.25. The van der Waals surface area contributed by atoms with E-state index in [1.807, 2.05) is 43.3 Å². The molecule has 144 valence electrons. The maximum absolute atomic E-state index is 12.8. The third-order valence-electron chi connectivity index (χ3n) is 4.23. The first kappa shape index (κ1) is 20.2. The van der Waals surface area contributed by atoms with Crippen LogP contribution in [-0.2, 0) is 6.61 Å². The van der Waals surface area contributed by atoms with Gasteiger partial charge in [0.1, 0.15) is 6.61 Å². The number of carbonyl (C=O) groups is 1. The molecule has 0 aliphatic heterocycles. The van der Waals surface area contributed by atoms with Crippen LogP contribution in [0.15, 0.2) is 65.1 Å². The molecule has 0 aliphatic rings. The highest BCUT2D eigenvalue weighted by Crippen LogP contribution is 2.37. The topological polar surface area (TPSA) is 47.6 Å². The molecule has 0 radical (unpaired) electrons. The molecule has 3 aromatic carbocycles. The van der Waals surface area contributed by atoms with Crippen molar-refractivity contribution in [2.75, 3.05) is 12.4 Å². The highest BCUT2D eigenvalue weighted by Gasteiger charge is 2.17. The minimum absolute atomic E-state index is 0.265. The zero-order chi connectivity index (χ0) is 20.1. The summed E-state index contributed by atoms with van der Waals surface area (Å²) in [5, 5.41) is 3.49. The van der Waals surface area contributed by atoms with Gasteiger partial charge in [0.2, 0.25) is 0 Å². The van der Waals surface area contributed by atoms with Gasteiger partial charge in [0.05, 0.1) is 11.6 Å². The molecule has 28 heavy (non-hydrogen) atoms. The molecule has 0 bridgehead atoms. The van der Waals surface area contributed by atoms with E-state index in [0.29, 0.717) is 38.9 Å². The molecule has 0 saturated heterocycles. The smallest absolute Gasteiger partial charge is 0.255 e. The van der Waals surface area contributed by atoms with Crippen molar-refractivity contribution in [3.8, 4) is 11.5 Å². The lowest BCUT2D eigenvalue weighted by atomic mass is 10.1. The van der Waals surface area contributed by atoms with E-state index >= 15 is 0 Å². The normalized spacial score (nSPS) is 10.4. The van der Waals surface area contributed by atoms with Crippen molar-refractivity contribution >= 4 is 39.1 Å². The van der Waals surface area contributed by atoms with E-state index < -0.39 is 0 Å². The number of amides is 1. The van der Waals surface area contributed by atoms with Crippen LogP contribution < -0.4 is 14.8 Å². The maximum Gasteiger partial charge on any atom is 0.255 e. The summed E-state index contributed by atoms with van der Waals surface area (Å²) in [5.74, 6) is 0.749. The average Bonchev–Trinajstić information content (AvgIpc) is 2.70. The molecule has 0 aromatic heterocycles. The van der Waals surface area contributed by atoms with E-state index in [2.05, 4.69) is 21.2 Å². The highest BCUT2D eigenvalue weighted by molar-refractivity contribution is 9.10. The van der Waals surface area contributed by atoms with E-state index in [9.17, 15) is 4.79 Å². The number of halogens is 2. The summed E-state index contributed by atoms with van der Waals surface area (Å²) in [4.78, 5) is 12.8. The van der Waals surface area contributed by atoms with Crippen molar-refractivity contribution in [2.45, 2.75) is 13.5 Å². The second-order valence-corrected chi connectivity index (χ2v) is 7.39. The third kappa shape index (κ3) is 4.66. The van der Waals surface area contributed by atoms with Gasteiger partial charge in [0, 0.05) is 16.3 Å². The van der Waals surface area contributed by atoms with E-state index in [4.69, 9.17) is 21.1 Å². The van der Waals surface area contributed by atoms with Crippen molar-refractivity contribution in [1.82, 2.24) is 0 Å². The number of hydrogen-bond donors (Lipinski definition) is 1. The number of methoxy groups -OCH3 is 1. The van der Waals surface area contributed by atoms with Crippen LogP contribution in [0.3, 0.4) is 0 Å². The van der Waals surface area contributed by atoms with Crippen molar-refractivity contribution in [2.24, 2.45) is 0 Å². The molecule has 0 heterocycles. The number of rotatable bonds is 6. The molecule has 0 unspecified atom stereocenters. The number of carbonyl (C=O) groups excluding carboxylic acids is 1. The summed E-state index contributed by atoms with van der Waals surface area (Å²) in [6.07, 6.45) is 0. The minimum atomic E-state index is -0.265. The summed E-state index contributed by atoms with van der Waals surface area (Å²) in [7, 11) is 1.56. The Morgan fingerprint density at radius 2 is 1.86 bits per heavy atom. The zero-order valence-corrected chi connectivity index (χ0v) is 17.8. The fraction of sp³-hybridized carbons (Fsp3) is 0.136. The fourth-order valence-electron chi connectivity index (χ4n) is 2.68. The highest BCUT2D eigenvalue weighted by atomic mass is 79.9. The molecule has 0 saturated carbocycles. The van der Waals surface area contributed by atoms with Crippen LogP contribution in [0.2, 0.25) is 5.02 Å². The molecule has 1 amide bonds. The van der Waals surface area contributed by atoms with Gasteiger partial charge in [-0.3, -0.25) is 4.79 Å². The van der Waals surface area contributed by atoms with Crippen LogP contribution in [0.4, 0.5) is 5.69 Å². The molecule has 0 spiro atoms. The summed E-state index contributed by atoms with van der Waals surface area (Å²) in [6.45, 7) is 2.22. The fourth-order valence-corrected chi connectivity index (χ4v) is 3.46. The second kappa shape index (κ2) is 9.13. The number of ether oxygens (including phenoxy) is 2. The van der Waals surface area contributed by atoms with Gasteiger partial charge >= 0.3 is 0 Å². The van der Waals surface area contributed by atoms with Gasteiger partial charge in [-0.1, -0.05) is 48.0 Å². The van der Waals surface area contributed by atoms with E-state index in [0.717, 1.165) is 11.1 Å². The molecule has 4 nitrogen and oxygen atoms in total. The number of hydrogen-bond acceptors (Lipinski definition) is 3. The van der Waals surface area contributed by atoms with Crippen molar-refractivity contribution < 1.29 is 14.3 Å². The minimum Gasteiger partial charge on any atom is -0.492 e. The molecule has 6 heteroatoms. The Labute approximate surface area is 177 Å². The Bertz CT molecular complexity index is 993. The van der Waals surface area contributed by atoms with Crippen LogP contribution in [0.1, 0.15) is 21.5 Å². The van der Waals surface area contributed by atoms with Crippen LogP contribution in [0.5, 0.6) is 11.5 Å². The first-order chi connectivity index (χ1) is 13.5. The van der Waals surface area contributed by atoms with E-state index in [1.165, 1.54) is 0 Å². The monoisotopic (exact) mass is 459 g/mol. The summed E-state index contributed by atoms with van der Waals surface area (Å²) < 4.78 is 12.0. The van der Waals surface area contributed by atoms with Crippen molar-refractivity contribution in [1.29, 1.82) is 0 Å². The largest absolute Gasteiger partial charge is 0.492 e. The van der Waals surface area contributed by atoms with Gasteiger partial charge in [-0.05, 0) is 58.2 Å². The van der Waals surface area contributed by atoms with Gasteiger partial charge in [0.15, 0.2) is 11.5 Å². The molecular formula is C22H19BrClNO3. The molecule has 1 N–H and O–H groups in total. The van der Waals surface area contributed by atoms with Crippen LogP contribution >= 0.6 is 27.5 Å². The zero-order valence-electron chi connectivity index (χ0n) is 15.5. The quantitative estimate of drug-likeness (QED) is 0.473. The standard InChI is InChI=1S/C22H19BrClNO3/c1-14-18(24)9-6-10-19(14)25-22(26)16-11-17(23)21(27-2)20(12-16)28-13-15-7-4-3-5-8-15/h3-12H,13H2,1-2H3,(H,25,26). The maximum atomic E-state index is 12.8. The second-order valence-electron chi connectivity index (χ2n) is 6.13. The predicted molar refractivity (Wildman–Crippen MR) is 116 cm³/mol. The molecule has 0 atom stereocenters. The first-order valence-corrected chi connectivity index (χ1v) is 9.77. The Hall–Kier alpha value is -2.50. The van der Waals surface area contributed by atoms with Crippen LogP contribution in [0, 0.1) is 6.92 Å². The lowest BCUT2D eigenvalue weighted by molar-refractivity contribution is 0.102. The Morgan fingerprint density at radius 1 is 1.11 bits per heavy atom. The molecule has 3 rings (SSSR count). The third-order valence-corrected chi connectivity index (χ3v) is 5.23. The van der Waals surface area contributed by atoms with Crippen molar-refractivity contribution in [3.05, 3.63) is 86.8 Å². The molecule has 3 aromatic rings. The lowest BCUT2D eigenvalue weighted by Gasteiger charge is -2.15. The molecular weight excluding hydrogens is 442 g/mol. The summed E-state index contributed by atoms with van der Waals surface area (Å²) in [5.41, 5.74) is 2.93. The number of nitrogens with one attached hydrogen (secondary N) is 1. The number of benzene rings is 3. The summed E-state index contributed by atoms with van der Waals surface area (Å²) in [6, 6.07) is 18.5. The molecule has 0 fully saturated rings. The van der Waals surface area contributed by atoms with Crippen LogP contribution in [0.25, 0.3) is 0 Å². The van der Waals surface area contributed by atoms with Crippen LogP contribution in [-0.4, -0.2) is 13.0 Å². The van der Waals surface area contributed by atoms with Gasteiger partial charge in [-0.15, -0.1) is 0 Å². The Morgan fingerprint density at radius 3 is 2.57 bits per heavy atom. The van der Waals surface area contributed by atoms with E-state index in [1.54, 1.807) is 31.4 Å². The van der Waals surface area contributed by atoms with Gasteiger partial charge in [-0.25, -0.2) is 0 Å². The van der Waals surface area contributed by atoms with Gasteiger partial charge < -0.3 is 14.8 Å². The Balaban J connectivity index is 1.85. The Kier molecular flexibility index (Phi) is 6.60.